The summed E-state index contributed by atoms with van der Waals surface area (Å²) in [5.74, 6) is 6.02. The number of benzene rings is 2. The van der Waals surface area contributed by atoms with Crippen molar-refractivity contribution < 1.29 is 19.0 Å². The van der Waals surface area contributed by atoms with E-state index in [9.17, 15) is 14.3 Å². The first-order valence-corrected chi connectivity index (χ1v) is 9.16. The fraction of sp³-hybridized carbons (Fsp3) is 0.217. The SMILES string of the molecule is COc1cc(-n2ccc(C#Cc3cccc(F)c3)nc2=O)ccc1OCC(C)(C)O. The smallest absolute Gasteiger partial charge is 0.353 e. The molecule has 0 bridgehead atoms. The molecule has 3 rings (SSSR count). The molecule has 0 amide bonds. The topological polar surface area (TPSA) is 73.6 Å². The van der Waals surface area contributed by atoms with Crippen molar-refractivity contribution in [3.63, 3.8) is 0 Å². The summed E-state index contributed by atoms with van der Waals surface area (Å²) in [6.07, 6.45) is 1.55. The highest BCUT2D eigenvalue weighted by molar-refractivity contribution is 5.49. The summed E-state index contributed by atoms with van der Waals surface area (Å²) < 4.78 is 25.5. The van der Waals surface area contributed by atoms with Crippen molar-refractivity contribution >= 4 is 0 Å². The van der Waals surface area contributed by atoms with Crippen molar-refractivity contribution in [2.24, 2.45) is 0 Å². The van der Waals surface area contributed by atoms with E-state index in [1.807, 2.05) is 0 Å². The second-order valence-electron chi connectivity index (χ2n) is 7.16. The minimum Gasteiger partial charge on any atom is -0.493 e. The maximum absolute atomic E-state index is 13.2. The van der Waals surface area contributed by atoms with Gasteiger partial charge in [-0.3, -0.25) is 4.57 Å². The number of aromatic nitrogens is 2. The zero-order chi connectivity index (χ0) is 21.7. The van der Waals surface area contributed by atoms with E-state index in [4.69, 9.17) is 9.47 Å². The lowest BCUT2D eigenvalue weighted by atomic mass is 10.2. The van der Waals surface area contributed by atoms with Crippen LogP contribution in [0.5, 0.6) is 11.5 Å². The van der Waals surface area contributed by atoms with Crippen molar-refractivity contribution in [1.82, 2.24) is 9.55 Å². The molecular weight excluding hydrogens is 387 g/mol. The Morgan fingerprint density at radius 3 is 2.60 bits per heavy atom. The van der Waals surface area contributed by atoms with Crippen LogP contribution in [0.4, 0.5) is 4.39 Å². The van der Waals surface area contributed by atoms with Crippen molar-refractivity contribution in [1.29, 1.82) is 0 Å². The third-order valence-electron chi connectivity index (χ3n) is 3.97. The predicted molar refractivity (Wildman–Crippen MR) is 111 cm³/mol. The molecule has 0 fully saturated rings. The maximum atomic E-state index is 13.2. The minimum absolute atomic E-state index is 0.0862. The summed E-state index contributed by atoms with van der Waals surface area (Å²) >= 11 is 0. The molecule has 2 aromatic carbocycles. The fourth-order valence-electron chi connectivity index (χ4n) is 2.55. The van der Waals surface area contributed by atoms with E-state index in [1.54, 1.807) is 56.4 Å². The number of hydrogen-bond donors (Lipinski definition) is 1. The number of ether oxygens (including phenoxy) is 2. The van der Waals surface area contributed by atoms with Gasteiger partial charge < -0.3 is 14.6 Å². The van der Waals surface area contributed by atoms with Crippen LogP contribution in [0.1, 0.15) is 25.1 Å². The van der Waals surface area contributed by atoms with Crippen LogP contribution in [0.2, 0.25) is 0 Å². The van der Waals surface area contributed by atoms with Gasteiger partial charge in [-0.15, -0.1) is 0 Å². The van der Waals surface area contributed by atoms with Crippen LogP contribution < -0.4 is 15.2 Å². The first-order valence-electron chi connectivity index (χ1n) is 9.16. The third-order valence-corrected chi connectivity index (χ3v) is 3.97. The van der Waals surface area contributed by atoms with Crippen LogP contribution >= 0.6 is 0 Å². The maximum Gasteiger partial charge on any atom is 0.353 e. The van der Waals surface area contributed by atoms with E-state index in [0.29, 0.717) is 22.7 Å². The largest absolute Gasteiger partial charge is 0.493 e. The Kier molecular flexibility index (Phi) is 6.19. The lowest BCUT2D eigenvalue weighted by Gasteiger charge is -2.19. The van der Waals surface area contributed by atoms with E-state index in [1.165, 1.54) is 23.8 Å². The molecule has 1 heterocycles. The molecule has 6 nitrogen and oxygen atoms in total. The molecule has 7 heteroatoms. The van der Waals surface area contributed by atoms with Crippen molar-refractivity contribution in [2.45, 2.75) is 19.4 Å². The van der Waals surface area contributed by atoms with Gasteiger partial charge in [0.2, 0.25) is 0 Å². The predicted octanol–water partition coefficient (Wildman–Crippen LogP) is 2.93. The molecular formula is C23H21FN2O4. The summed E-state index contributed by atoms with van der Waals surface area (Å²) in [6.45, 7) is 3.36. The molecule has 0 saturated carbocycles. The average Bonchev–Trinajstić information content (AvgIpc) is 2.70. The molecule has 0 aliphatic rings. The highest BCUT2D eigenvalue weighted by atomic mass is 19.1. The number of aliphatic hydroxyl groups is 1. The van der Waals surface area contributed by atoms with E-state index in [0.717, 1.165) is 0 Å². The van der Waals surface area contributed by atoms with Gasteiger partial charge in [0.05, 0.1) is 18.4 Å². The molecule has 0 atom stereocenters. The highest BCUT2D eigenvalue weighted by Gasteiger charge is 2.16. The quantitative estimate of drug-likeness (QED) is 0.657. The molecule has 0 unspecified atom stereocenters. The third kappa shape index (κ3) is 5.46. The first kappa shape index (κ1) is 21.1. The van der Waals surface area contributed by atoms with Gasteiger partial charge in [0.25, 0.3) is 0 Å². The molecule has 0 spiro atoms. The van der Waals surface area contributed by atoms with Crippen molar-refractivity contribution in [3.05, 3.63) is 82.3 Å². The lowest BCUT2D eigenvalue weighted by Crippen LogP contribution is -2.28. The molecule has 0 radical (unpaired) electrons. The Labute approximate surface area is 173 Å². The van der Waals surface area contributed by atoms with Crippen molar-refractivity contribution in [3.8, 4) is 29.0 Å². The summed E-state index contributed by atoms with van der Waals surface area (Å²) in [4.78, 5) is 16.4. The summed E-state index contributed by atoms with van der Waals surface area (Å²) in [6, 6.07) is 12.5. The van der Waals surface area contributed by atoms with Gasteiger partial charge in [-0.1, -0.05) is 12.0 Å². The van der Waals surface area contributed by atoms with E-state index in [2.05, 4.69) is 16.8 Å². The van der Waals surface area contributed by atoms with Crippen LogP contribution in [0.3, 0.4) is 0 Å². The lowest BCUT2D eigenvalue weighted by molar-refractivity contribution is 0.0276. The number of nitrogens with zero attached hydrogens (tertiary/aromatic N) is 2. The van der Waals surface area contributed by atoms with Crippen LogP contribution in [0, 0.1) is 17.7 Å². The van der Waals surface area contributed by atoms with Gasteiger partial charge in [0.1, 0.15) is 18.1 Å². The Morgan fingerprint density at radius 2 is 1.93 bits per heavy atom. The van der Waals surface area contributed by atoms with E-state index in [-0.39, 0.29) is 18.1 Å². The molecule has 0 aliphatic heterocycles. The Balaban J connectivity index is 1.85. The molecule has 154 valence electrons. The Hall–Kier alpha value is -3.63. The monoisotopic (exact) mass is 408 g/mol. The van der Waals surface area contributed by atoms with E-state index < -0.39 is 11.3 Å². The zero-order valence-corrected chi connectivity index (χ0v) is 16.8. The summed E-state index contributed by atoms with van der Waals surface area (Å²) in [5.41, 5.74) is -0.213. The average molecular weight is 408 g/mol. The minimum atomic E-state index is -0.993. The van der Waals surface area contributed by atoms with Crippen LogP contribution in [-0.4, -0.2) is 34.0 Å². The first-order chi connectivity index (χ1) is 14.2. The highest BCUT2D eigenvalue weighted by Crippen LogP contribution is 2.29. The molecule has 3 aromatic rings. The van der Waals surface area contributed by atoms with Gasteiger partial charge in [-0.05, 0) is 56.2 Å². The Bertz CT molecular complexity index is 1170. The zero-order valence-electron chi connectivity index (χ0n) is 16.8. The molecule has 1 N–H and O–H groups in total. The molecule has 1 aromatic heterocycles. The molecule has 30 heavy (non-hydrogen) atoms. The number of rotatable bonds is 5. The molecule has 0 aliphatic carbocycles. The van der Waals surface area contributed by atoms with Gasteiger partial charge in [0.15, 0.2) is 11.5 Å². The van der Waals surface area contributed by atoms with Gasteiger partial charge in [0, 0.05) is 17.8 Å². The molecule has 0 saturated heterocycles. The number of hydrogen-bond acceptors (Lipinski definition) is 5. The second kappa shape index (κ2) is 8.80. The van der Waals surface area contributed by atoms with Gasteiger partial charge in [-0.25, -0.2) is 9.18 Å². The van der Waals surface area contributed by atoms with E-state index >= 15 is 0 Å². The van der Waals surface area contributed by atoms with Crippen LogP contribution in [0.25, 0.3) is 5.69 Å². The summed E-state index contributed by atoms with van der Waals surface area (Å²) in [5, 5.41) is 9.82. The van der Waals surface area contributed by atoms with Crippen LogP contribution in [0.15, 0.2) is 59.5 Å². The van der Waals surface area contributed by atoms with Crippen LogP contribution in [-0.2, 0) is 0 Å². The number of halogens is 1. The number of methoxy groups -OCH3 is 1. The Morgan fingerprint density at radius 1 is 1.13 bits per heavy atom. The van der Waals surface area contributed by atoms with Gasteiger partial charge in [-0.2, -0.15) is 4.98 Å². The van der Waals surface area contributed by atoms with Gasteiger partial charge >= 0.3 is 5.69 Å². The summed E-state index contributed by atoms with van der Waals surface area (Å²) in [7, 11) is 1.49. The normalized spacial score (nSPS) is 10.8. The fourth-order valence-corrected chi connectivity index (χ4v) is 2.55. The standard InChI is InChI=1S/C23H21FN2O4/c1-23(2,28)15-30-20-10-9-19(14-21(20)29-3)26-12-11-18(25-22(26)27)8-7-16-5-4-6-17(24)13-16/h4-6,9-14,28H,15H2,1-3H3. The second-order valence-corrected chi connectivity index (χ2v) is 7.16. The van der Waals surface area contributed by atoms with Crippen molar-refractivity contribution in [2.75, 3.05) is 13.7 Å².